The lowest BCUT2D eigenvalue weighted by Gasteiger charge is -2.28. The lowest BCUT2D eigenvalue weighted by Crippen LogP contribution is -2.37. The molecular formula is C24H18ClN3O5. The van der Waals surface area contributed by atoms with E-state index in [1.54, 1.807) is 42.5 Å². The zero-order valence-corrected chi connectivity index (χ0v) is 18.2. The number of hydroxylamine groups is 1. The Hall–Kier alpha value is -3.75. The number of carbonyl (C=O) groups excluding carboxylic acids is 2. The highest BCUT2D eigenvalue weighted by Gasteiger charge is 2.60. The van der Waals surface area contributed by atoms with Gasteiger partial charge in [-0.1, -0.05) is 53.6 Å². The fraction of sp³-hybridized carbons (Fsp3) is 0.167. The molecule has 2 saturated heterocycles. The zero-order valence-electron chi connectivity index (χ0n) is 17.4. The first-order valence-corrected chi connectivity index (χ1v) is 10.6. The maximum absolute atomic E-state index is 13.6. The minimum Gasteiger partial charge on any atom is -0.273 e. The fourth-order valence-electron chi connectivity index (χ4n) is 4.35. The van der Waals surface area contributed by atoms with Crippen LogP contribution < -0.4 is 9.96 Å². The van der Waals surface area contributed by atoms with Gasteiger partial charge in [-0.05, 0) is 42.8 Å². The van der Waals surface area contributed by atoms with Gasteiger partial charge in [0.25, 0.3) is 11.6 Å². The van der Waals surface area contributed by atoms with Crippen molar-refractivity contribution < 1.29 is 19.3 Å². The maximum Gasteiger partial charge on any atom is 0.288 e. The SMILES string of the molecule is Cc1ccc(N2C(=O)[C@H]3[C@@H](c4ccc(Cl)c([N+](=O)[O-])c4)N(c4ccccc4)O[C@H]3C2=O)cc1. The van der Waals surface area contributed by atoms with Gasteiger partial charge in [-0.3, -0.25) is 24.5 Å². The Morgan fingerprint density at radius 1 is 0.939 bits per heavy atom. The second-order valence-electron chi connectivity index (χ2n) is 7.97. The van der Waals surface area contributed by atoms with Crippen molar-refractivity contribution in [2.75, 3.05) is 9.96 Å². The summed E-state index contributed by atoms with van der Waals surface area (Å²) in [5, 5.41) is 13.0. The predicted molar refractivity (Wildman–Crippen MR) is 122 cm³/mol. The first-order chi connectivity index (χ1) is 15.9. The molecule has 0 N–H and O–H groups in total. The van der Waals surface area contributed by atoms with Crippen molar-refractivity contribution in [2.24, 2.45) is 5.92 Å². The summed E-state index contributed by atoms with van der Waals surface area (Å²) in [6.07, 6.45) is -1.06. The van der Waals surface area contributed by atoms with Gasteiger partial charge in [0, 0.05) is 6.07 Å². The summed E-state index contributed by atoms with van der Waals surface area (Å²) in [4.78, 5) is 45.0. The molecule has 0 unspecified atom stereocenters. The smallest absolute Gasteiger partial charge is 0.273 e. The van der Waals surface area contributed by atoms with E-state index in [4.69, 9.17) is 16.4 Å². The molecule has 3 aromatic carbocycles. The monoisotopic (exact) mass is 463 g/mol. The van der Waals surface area contributed by atoms with Crippen LogP contribution in [0.2, 0.25) is 5.02 Å². The summed E-state index contributed by atoms with van der Waals surface area (Å²) in [7, 11) is 0. The third kappa shape index (κ3) is 3.44. The van der Waals surface area contributed by atoms with Gasteiger partial charge < -0.3 is 0 Å². The molecule has 0 aliphatic carbocycles. The number of halogens is 1. The summed E-state index contributed by atoms with van der Waals surface area (Å²) >= 11 is 6.01. The lowest BCUT2D eigenvalue weighted by atomic mass is 9.90. The van der Waals surface area contributed by atoms with E-state index in [0.717, 1.165) is 10.5 Å². The molecule has 3 aromatic rings. The van der Waals surface area contributed by atoms with Crippen molar-refractivity contribution in [3.05, 3.63) is 99.1 Å². The van der Waals surface area contributed by atoms with Crippen molar-refractivity contribution in [1.82, 2.24) is 0 Å². The van der Waals surface area contributed by atoms with E-state index >= 15 is 0 Å². The van der Waals surface area contributed by atoms with Crippen LogP contribution >= 0.6 is 11.6 Å². The van der Waals surface area contributed by atoms with Crippen LogP contribution in [0.25, 0.3) is 0 Å². The molecule has 0 bridgehead atoms. The van der Waals surface area contributed by atoms with E-state index < -0.39 is 34.8 Å². The minimum absolute atomic E-state index is 0.0133. The second-order valence-corrected chi connectivity index (χ2v) is 8.38. The normalized spacial score (nSPS) is 22.1. The molecule has 8 nitrogen and oxygen atoms in total. The maximum atomic E-state index is 13.6. The largest absolute Gasteiger partial charge is 0.288 e. The molecule has 5 rings (SSSR count). The molecule has 0 saturated carbocycles. The summed E-state index contributed by atoms with van der Waals surface area (Å²) in [6, 6.07) is 19.7. The van der Waals surface area contributed by atoms with Crippen LogP contribution in [0.4, 0.5) is 17.1 Å². The first kappa shape index (κ1) is 21.1. The van der Waals surface area contributed by atoms with Crippen LogP contribution in [0, 0.1) is 23.0 Å². The van der Waals surface area contributed by atoms with Crippen LogP contribution in [0.15, 0.2) is 72.8 Å². The van der Waals surface area contributed by atoms with Gasteiger partial charge in [-0.2, -0.15) is 0 Å². The number of benzene rings is 3. The third-order valence-corrected chi connectivity index (χ3v) is 6.25. The predicted octanol–water partition coefficient (Wildman–Crippen LogP) is 4.61. The molecule has 2 aliphatic heterocycles. The molecule has 33 heavy (non-hydrogen) atoms. The Labute approximate surface area is 194 Å². The molecule has 2 amide bonds. The number of fused-ring (bicyclic) bond motifs is 1. The quantitative estimate of drug-likeness (QED) is 0.319. The van der Waals surface area contributed by atoms with Crippen LogP contribution in [0.3, 0.4) is 0 Å². The number of carbonyl (C=O) groups is 2. The van der Waals surface area contributed by atoms with E-state index in [0.29, 0.717) is 16.9 Å². The highest BCUT2D eigenvalue weighted by molar-refractivity contribution is 6.32. The molecule has 2 fully saturated rings. The van der Waals surface area contributed by atoms with Crippen molar-refractivity contribution in [1.29, 1.82) is 0 Å². The van der Waals surface area contributed by atoms with Crippen LogP contribution in [0.1, 0.15) is 17.2 Å². The molecule has 2 heterocycles. The van der Waals surface area contributed by atoms with E-state index in [-0.39, 0.29) is 10.7 Å². The lowest BCUT2D eigenvalue weighted by molar-refractivity contribution is -0.384. The first-order valence-electron chi connectivity index (χ1n) is 10.3. The van der Waals surface area contributed by atoms with Crippen molar-refractivity contribution in [3.8, 4) is 0 Å². The standard InChI is InChI=1S/C24H18ClN3O5/c1-14-7-10-16(11-8-14)26-23(29)20-21(15-9-12-18(25)19(13-15)28(31)32)27(33-22(20)24(26)30)17-5-3-2-4-6-17/h2-13,20-22H,1H3/t20-,21+,22+/m0/s1. The molecule has 9 heteroatoms. The third-order valence-electron chi connectivity index (χ3n) is 5.93. The van der Waals surface area contributed by atoms with E-state index in [1.165, 1.54) is 17.2 Å². The average Bonchev–Trinajstić information content (AvgIpc) is 3.31. The Morgan fingerprint density at radius 2 is 1.64 bits per heavy atom. The number of para-hydroxylation sites is 1. The summed E-state index contributed by atoms with van der Waals surface area (Å²) < 4.78 is 0. The Kier molecular flexibility index (Phi) is 5.11. The minimum atomic E-state index is -1.06. The number of nitro groups is 1. The highest BCUT2D eigenvalue weighted by Crippen LogP contribution is 2.48. The van der Waals surface area contributed by atoms with Gasteiger partial charge in [0.1, 0.15) is 10.9 Å². The van der Waals surface area contributed by atoms with Crippen LogP contribution in [-0.4, -0.2) is 22.8 Å². The second kappa shape index (κ2) is 7.99. The van der Waals surface area contributed by atoms with Crippen molar-refractivity contribution in [2.45, 2.75) is 19.1 Å². The Balaban J connectivity index is 1.61. The van der Waals surface area contributed by atoms with Gasteiger partial charge in [0.05, 0.1) is 22.3 Å². The number of anilines is 2. The van der Waals surface area contributed by atoms with E-state index in [9.17, 15) is 19.7 Å². The van der Waals surface area contributed by atoms with E-state index in [2.05, 4.69) is 0 Å². The van der Waals surface area contributed by atoms with Crippen molar-refractivity contribution in [3.63, 3.8) is 0 Å². The number of hydrogen-bond acceptors (Lipinski definition) is 6. The van der Waals surface area contributed by atoms with Gasteiger partial charge in [-0.25, -0.2) is 9.96 Å². The molecule has 0 aromatic heterocycles. The van der Waals surface area contributed by atoms with Crippen molar-refractivity contribution >= 4 is 40.5 Å². The summed E-state index contributed by atoms with van der Waals surface area (Å²) in [6.45, 7) is 1.91. The zero-order chi connectivity index (χ0) is 23.3. The van der Waals surface area contributed by atoms with Gasteiger partial charge in [0.2, 0.25) is 5.91 Å². The number of imide groups is 1. The molecule has 0 radical (unpaired) electrons. The van der Waals surface area contributed by atoms with Gasteiger partial charge >= 0.3 is 0 Å². The molecular weight excluding hydrogens is 446 g/mol. The van der Waals surface area contributed by atoms with Gasteiger partial charge in [-0.15, -0.1) is 0 Å². The number of rotatable bonds is 4. The Morgan fingerprint density at radius 3 is 2.30 bits per heavy atom. The van der Waals surface area contributed by atoms with Crippen LogP contribution in [-0.2, 0) is 14.4 Å². The molecule has 0 spiro atoms. The van der Waals surface area contributed by atoms with Gasteiger partial charge in [0.15, 0.2) is 6.10 Å². The summed E-state index contributed by atoms with van der Waals surface area (Å²) in [5.74, 6) is -1.78. The number of aryl methyl sites for hydroxylation is 1. The number of nitro benzene ring substituents is 1. The number of amides is 2. The highest BCUT2D eigenvalue weighted by atomic mass is 35.5. The average molecular weight is 464 g/mol. The molecule has 2 aliphatic rings. The summed E-state index contributed by atoms with van der Waals surface area (Å²) in [5.41, 5.74) is 2.25. The number of nitrogens with zero attached hydrogens (tertiary/aromatic N) is 3. The van der Waals surface area contributed by atoms with E-state index in [1.807, 2.05) is 25.1 Å². The molecule has 166 valence electrons. The Bertz CT molecular complexity index is 1260. The topological polar surface area (TPSA) is 93.0 Å². The molecule has 3 atom stereocenters. The number of hydrogen-bond donors (Lipinski definition) is 0. The van der Waals surface area contributed by atoms with Crippen LogP contribution in [0.5, 0.6) is 0 Å². The fourth-order valence-corrected chi connectivity index (χ4v) is 4.54.